The number of urea groups is 1. The summed E-state index contributed by atoms with van der Waals surface area (Å²) in [5.74, 6) is 0. The van der Waals surface area contributed by atoms with Crippen LogP contribution in [0.15, 0.2) is 0 Å². The third kappa shape index (κ3) is 4.68. The number of rotatable bonds is 1. The fourth-order valence-corrected chi connectivity index (χ4v) is 3.06. The zero-order valence-corrected chi connectivity index (χ0v) is 12.4. The SMILES string of the molecule is CC1(C)CN(C(=O)NC2CCCCCCC2)CCO1. The van der Waals surface area contributed by atoms with E-state index in [-0.39, 0.29) is 11.6 Å². The van der Waals surface area contributed by atoms with E-state index in [9.17, 15) is 4.79 Å². The van der Waals surface area contributed by atoms with Crippen LogP contribution in [0.25, 0.3) is 0 Å². The Hall–Kier alpha value is -0.770. The van der Waals surface area contributed by atoms with E-state index in [0.29, 0.717) is 25.7 Å². The molecule has 1 N–H and O–H groups in total. The Morgan fingerprint density at radius 1 is 1.16 bits per heavy atom. The van der Waals surface area contributed by atoms with Crippen LogP contribution >= 0.6 is 0 Å². The van der Waals surface area contributed by atoms with Crippen LogP contribution in [-0.2, 0) is 4.74 Å². The highest BCUT2D eigenvalue weighted by Crippen LogP contribution is 2.19. The Morgan fingerprint density at radius 2 is 1.79 bits per heavy atom. The van der Waals surface area contributed by atoms with Gasteiger partial charge in [0.1, 0.15) is 0 Å². The van der Waals surface area contributed by atoms with Gasteiger partial charge in [0.15, 0.2) is 0 Å². The summed E-state index contributed by atoms with van der Waals surface area (Å²) in [7, 11) is 0. The minimum atomic E-state index is -0.212. The number of hydrogen-bond donors (Lipinski definition) is 1. The van der Waals surface area contributed by atoms with E-state index in [1.54, 1.807) is 0 Å². The van der Waals surface area contributed by atoms with Gasteiger partial charge in [-0.3, -0.25) is 0 Å². The molecule has 0 bridgehead atoms. The van der Waals surface area contributed by atoms with Gasteiger partial charge in [-0.25, -0.2) is 4.79 Å². The summed E-state index contributed by atoms with van der Waals surface area (Å²) >= 11 is 0. The van der Waals surface area contributed by atoms with E-state index in [1.807, 2.05) is 18.7 Å². The molecule has 19 heavy (non-hydrogen) atoms. The lowest BCUT2D eigenvalue weighted by Crippen LogP contribution is -2.55. The smallest absolute Gasteiger partial charge is 0.317 e. The molecule has 0 atom stereocenters. The summed E-state index contributed by atoms with van der Waals surface area (Å²) < 4.78 is 5.65. The van der Waals surface area contributed by atoms with Gasteiger partial charge in [0, 0.05) is 12.6 Å². The summed E-state index contributed by atoms with van der Waals surface area (Å²) in [5.41, 5.74) is -0.212. The Kier molecular flexibility index (Phi) is 5.08. The van der Waals surface area contributed by atoms with Gasteiger partial charge in [0.25, 0.3) is 0 Å². The zero-order chi connectivity index (χ0) is 13.7. The number of morpholine rings is 1. The van der Waals surface area contributed by atoms with Crippen molar-refractivity contribution in [3.05, 3.63) is 0 Å². The number of nitrogens with zero attached hydrogens (tertiary/aromatic N) is 1. The molecule has 0 aromatic carbocycles. The summed E-state index contributed by atoms with van der Waals surface area (Å²) in [4.78, 5) is 14.2. The van der Waals surface area contributed by atoms with Crippen LogP contribution in [0.5, 0.6) is 0 Å². The van der Waals surface area contributed by atoms with Crippen LogP contribution in [0.4, 0.5) is 4.79 Å². The quantitative estimate of drug-likeness (QED) is 0.794. The molecule has 0 spiro atoms. The van der Waals surface area contributed by atoms with Crippen LogP contribution in [0.2, 0.25) is 0 Å². The lowest BCUT2D eigenvalue weighted by Gasteiger charge is -2.38. The average molecular weight is 268 g/mol. The standard InChI is InChI=1S/C15H28N2O2/c1-15(2)12-17(10-11-19-15)14(18)16-13-8-6-4-3-5-7-9-13/h13H,3-12H2,1-2H3,(H,16,18). The van der Waals surface area contributed by atoms with Gasteiger partial charge < -0.3 is 15.0 Å². The highest BCUT2D eigenvalue weighted by molar-refractivity contribution is 5.74. The molecule has 1 heterocycles. The van der Waals surface area contributed by atoms with Gasteiger partial charge in [-0.1, -0.05) is 32.1 Å². The third-order valence-corrected chi connectivity index (χ3v) is 4.15. The summed E-state index contributed by atoms with van der Waals surface area (Å²) in [5, 5.41) is 3.23. The molecule has 1 saturated carbocycles. The molecule has 2 aliphatic rings. The normalized spacial score (nSPS) is 25.5. The van der Waals surface area contributed by atoms with Crippen molar-refractivity contribution in [2.75, 3.05) is 19.7 Å². The molecular weight excluding hydrogens is 240 g/mol. The van der Waals surface area contributed by atoms with Crippen LogP contribution < -0.4 is 5.32 Å². The van der Waals surface area contributed by atoms with Gasteiger partial charge in [-0.2, -0.15) is 0 Å². The van der Waals surface area contributed by atoms with Crippen LogP contribution in [-0.4, -0.2) is 42.3 Å². The first kappa shape index (κ1) is 14.6. The molecule has 0 unspecified atom stereocenters. The maximum absolute atomic E-state index is 12.3. The maximum Gasteiger partial charge on any atom is 0.317 e. The van der Waals surface area contributed by atoms with Gasteiger partial charge in [0.05, 0.1) is 18.8 Å². The molecule has 1 aliphatic heterocycles. The topological polar surface area (TPSA) is 41.6 Å². The Bertz CT molecular complexity index is 297. The summed E-state index contributed by atoms with van der Waals surface area (Å²) in [6, 6.07) is 0.473. The lowest BCUT2D eigenvalue weighted by molar-refractivity contribution is -0.0735. The molecule has 2 rings (SSSR count). The fourth-order valence-electron chi connectivity index (χ4n) is 3.06. The van der Waals surface area contributed by atoms with E-state index in [0.717, 1.165) is 12.8 Å². The predicted octanol–water partition coefficient (Wildman–Crippen LogP) is 2.92. The Labute approximate surface area is 116 Å². The first-order chi connectivity index (χ1) is 9.07. The second-order valence-corrected chi connectivity index (χ2v) is 6.52. The molecule has 4 heteroatoms. The second kappa shape index (κ2) is 6.60. The van der Waals surface area contributed by atoms with Crippen molar-refractivity contribution in [1.29, 1.82) is 0 Å². The fraction of sp³-hybridized carbons (Fsp3) is 0.933. The minimum Gasteiger partial charge on any atom is -0.372 e. The molecule has 1 saturated heterocycles. The number of carbonyl (C=O) groups is 1. The first-order valence-corrected chi connectivity index (χ1v) is 7.76. The van der Waals surface area contributed by atoms with Crippen LogP contribution in [0, 0.1) is 0 Å². The van der Waals surface area contributed by atoms with Crippen molar-refractivity contribution in [2.24, 2.45) is 0 Å². The van der Waals surface area contributed by atoms with Crippen molar-refractivity contribution in [2.45, 2.75) is 70.4 Å². The Morgan fingerprint density at radius 3 is 2.42 bits per heavy atom. The zero-order valence-electron chi connectivity index (χ0n) is 12.4. The van der Waals surface area contributed by atoms with Gasteiger partial charge in [0.2, 0.25) is 0 Å². The number of ether oxygens (including phenoxy) is 1. The Balaban J connectivity index is 1.82. The minimum absolute atomic E-state index is 0.0990. The number of amides is 2. The monoisotopic (exact) mass is 268 g/mol. The van der Waals surface area contributed by atoms with Crippen LogP contribution in [0.3, 0.4) is 0 Å². The maximum atomic E-state index is 12.3. The van der Waals surface area contributed by atoms with E-state index >= 15 is 0 Å². The lowest BCUT2D eigenvalue weighted by atomic mass is 9.97. The third-order valence-electron chi connectivity index (χ3n) is 4.15. The number of nitrogens with one attached hydrogen (secondary N) is 1. The van der Waals surface area contributed by atoms with Crippen LogP contribution in [0.1, 0.15) is 58.8 Å². The molecule has 0 radical (unpaired) electrons. The van der Waals surface area contributed by atoms with E-state index in [2.05, 4.69) is 5.32 Å². The molecular formula is C15H28N2O2. The van der Waals surface area contributed by atoms with Gasteiger partial charge in [-0.15, -0.1) is 0 Å². The van der Waals surface area contributed by atoms with Crippen molar-refractivity contribution in [3.63, 3.8) is 0 Å². The molecule has 4 nitrogen and oxygen atoms in total. The van der Waals surface area contributed by atoms with E-state index in [1.165, 1.54) is 32.1 Å². The highest BCUT2D eigenvalue weighted by Gasteiger charge is 2.30. The number of hydrogen-bond acceptors (Lipinski definition) is 2. The van der Waals surface area contributed by atoms with Crippen molar-refractivity contribution >= 4 is 6.03 Å². The first-order valence-electron chi connectivity index (χ1n) is 7.76. The molecule has 110 valence electrons. The average Bonchev–Trinajstić information content (AvgIpc) is 2.31. The predicted molar refractivity (Wildman–Crippen MR) is 76.2 cm³/mol. The van der Waals surface area contributed by atoms with Gasteiger partial charge in [-0.05, 0) is 26.7 Å². The summed E-state index contributed by atoms with van der Waals surface area (Å²) in [6.07, 6.45) is 8.77. The molecule has 1 aliphatic carbocycles. The van der Waals surface area contributed by atoms with Gasteiger partial charge >= 0.3 is 6.03 Å². The second-order valence-electron chi connectivity index (χ2n) is 6.52. The largest absolute Gasteiger partial charge is 0.372 e. The summed E-state index contributed by atoms with van der Waals surface area (Å²) in [6.45, 7) is 6.13. The van der Waals surface area contributed by atoms with E-state index < -0.39 is 0 Å². The molecule has 0 aromatic heterocycles. The van der Waals surface area contributed by atoms with Crippen molar-refractivity contribution in [1.82, 2.24) is 10.2 Å². The molecule has 2 amide bonds. The van der Waals surface area contributed by atoms with E-state index in [4.69, 9.17) is 4.74 Å². The van der Waals surface area contributed by atoms with Crippen molar-refractivity contribution in [3.8, 4) is 0 Å². The molecule has 0 aromatic rings. The van der Waals surface area contributed by atoms with Crippen molar-refractivity contribution < 1.29 is 9.53 Å². The highest BCUT2D eigenvalue weighted by atomic mass is 16.5. The molecule has 2 fully saturated rings. The number of carbonyl (C=O) groups excluding carboxylic acids is 1.